The van der Waals surface area contributed by atoms with Gasteiger partial charge in [-0.15, -0.1) is 0 Å². The second-order valence-electron chi connectivity index (χ2n) is 6.97. The van der Waals surface area contributed by atoms with Crippen LogP contribution in [-0.4, -0.2) is 18.2 Å². The number of halogens is 2. The lowest BCUT2D eigenvalue weighted by molar-refractivity contribution is 0.146. The summed E-state index contributed by atoms with van der Waals surface area (Å²) in [5, 5.41) is 2.42. The van der Waals surface area contributed by atoms with Crippen molar-refractivity contribution in [3.05, 3.63) is 65.1 Å². The first kappa shape index (κ1) is 18.1. The van der Waals surface area contributed by atoms with Gasteiger partial charge in [-0.3, -0.25) is 0 Å². The fourth-order valence-electron chi connectivity index (χ4n) is 3.83. The lowest BCUT2D eigenvalue weighted by atomic mass is 9.83. The molecule has 0 radical (unpaired) electrons. The first-order valence-corrected chi connectivity index (χ1v) is 9.56. The number of hydrogen-bond donors (Lipinski definition) is 0. The van der Waals surface area contributed by atoms with Gasteiger partial charge in [0.15, 0.2) is 0 Å². The Bertz CT molecular complexity index is 937. The molecule has 0 spiro atoms. The van der Waals surface area contributed by atoms with Gasteiger partial charge in [-0.2, -0.15) is 0 Å². The van der Waals surface area contributed by atoms with E-state index in [0.29, 0.717) is 22.6 Å². The Balaban J connectivity index is 1.46. The Labute approximate surface area is 163 Å². The van der Waals surface area contributed by atoms with E-state index in [-0.39, 0.29) is 11.9 Å². The summed E-state index contributed by atoms with van der Waals surface area (Å²) in [6.45, 7) is 0. The first-order chi connectivity index (χ1) is 13.1. The highest BCUT2D eigenvalue weighted by molar-refractivity contribution is 6.33. The maximum absolute atomic E-state index is 13.1. The lowest BCUT2D eigenvalue weighted by Gasteiger charge is -2.29. The second-order valence-corrected chi connectivity index (χ2v) is 7.37. The van der Waals surface area contributed by atoms with E-state index in [1.165, 1.54) is 17.7 Å². The van der Waals surface area contributed by atoms with Crippen molar-refractivity contribution in [2.24, 2.45) is 0 Å². The zero-order valence-electron chi connectivity index (χ0n) is 15.1. The molecule has 0 aliphatic heterocycles. The molecule has 1 saturated carbocycles. The van der Waals surface area contributed by atoms with Crippen LogP contribution in [0.2, 0.25) is 5.02 Å². The molecule has 1 heterocycles. The van der Waals surface area contributed by atoms with Crippen LogP contribution in [0.3, 0.4) is 0 Å². The van der Waals surface area contributed by atoms with Gasteiger partial charge in [-0.1, -0.05) is 23.7 Å². The molecule has 0 N–H and O–H groups in total. The second kappa shape index (κ2) is 7.73. The Morgan fingerprint density at radius 1 is 1.04 bits per heavy atom. The van der Waals surface area contributed by atoms with Crippen LogP contribution in [0.1, 0.15) is 37.2 Å². The van der Waals surface area contributed by atoms with Gasteiger partial charge in [-0.05, 0) is 72.9 Å². The van der Waals surface area contributed by atoms with Crippen LogP contribution in [0.4, 0.5) is 4.39 Å². The van der Waals surface area contributed by atoms with Crippen molar-refractivity contribution in [3.8, 4) is 11.6 Å². The standard InChI is InChI=1S/C22H21ClFNO2/c1-26-22-19-13-20(23)21(12-16(19)10-11-25-22)27-18-8-4-15(5-9-18)14-2-6-17(24)7-3-14/h2-3,6-7,10-13,15,18H,4-5,8-9H2,1H3/t15-,18-. The predicted molar refractivity (Wildman–Crippen MR) is 105 cm³/mol. The van der Waals surface area contributed by atoms with Crippen molar-refractivity contribution in [2.75, 3.05) is 7.11 Å². The molecule has 1 aliphatic rings. The number of methoxy groups -OCH3 is 1. The van der Waals surface area contributed by atoms with E-state index < -0.39 is 0 Å². The van der Waals surface area contributed by atoms with E-state index in [9.17, 15) is 4.39 Å². The summed E-state index contributed by atoms with van der Waals surface area (Å²) in [7, 11) is 1.60. The van der Waals surface area contributed by atoms with E-state index in [4.69, 9.17) is 21.1 Å². The molecule has 0 amide bonds. The molecule has 0 saturated heterocycles. The monoisotopic (exact) mass is 385 g/mol. The number of hydrogen-bond acceptors (Lipinski definition) is 3. The normalized spacial score (nSPS) is 19.8. The first-order valence-electron chi connectivity index (χ1n) is 9.18. The van der Waals surface area contributed by atoms with Gasteiger partial charge in [0.1, 0.15) is 11.6 Å². The fourth-order valence-corrected chi connectivity index (χ4v) is 4.04. The van der Waals surface area contributed by atoms with Crippen molar-refractivity contribution >= 4 is 22.4 Å². The molecule has 1 aromatic heterocycles. The number of nitrogens with zero attached hydrogens (tertiary/aromatic N) is 1. The van der Waals surface area contributed by atoms with Gasteiger partial charge in [0, 0.05) is 11.6 Å². The smallest absolute Gasteiger partial charge is 0.221 e. The summed E-state index contributed by atoms with van der Waals surface area (Å²) in [6.07, 6.45) is 5.82. The van der Waals surface area contributed by atoms with Crippen molar-refractivity contribution in [2.45, 2.75) is 37.7 Å². The van der Waals surface area contributed by atoms with Crippen LogP contribution in [0.25, 0.3) is 10.8 Å². The van der Waals surface area contributed by atoms with Crippen LogP contribution in [-0.2, 0) is 0 Å². The van der Waals surface area contributed by atoms with E-state index in [1.54, 1.807) is 13.3 Å². The van der Waals surface area contributed by atoms with Gasteiger partial charge >= 0.3 is 0 Å². The minimum Gasteiger partial charge on any atom is -0.489 e. The minimum atomic E-state index is -0.187. The highest BCUT2D eigenvalue weighted by Gasteiger charge is 2.24. The van der Waals surface area contributed by atoms with Crippen LogP contribution in [0, 0.1) is 5.82 Å². The average molecular weight is 386 g/mol. The molecule has 1 fully saturated rings. The number of ether oxygens (including phenoxy) is 2. The number of fused-ring (bicyclic) bond motifs is 1. The van der Waals surface area contributed by atoms with Gasteiger partial charge in [-0.25, -0.2) is 9.37 Å². The molecule has 2 aromatic carbocycles. The molecule has 1 aliphatic carbocycles. The van der Waals surface area contributed by atoms with Crippen LogP contribution >= 0.6 is 11.6 Å². The zero-order chi connectivity index (χ0) is 18.8. The fraction of sp³-hybridized carbons (Fsp3) is 0.318. The molecule has 4 rings (SSSR count). The van der Waals surface area contributed by atoms with Gasteiger partial charge in [0.2, 0.25) is 5.88 Å². The molecule has 5 heteroatoms. The third-order valence-electron chi connectivity index (χ3n) is 5.28. The third kappa shape index (κ3) is 3.86. The molecule has 0 unspecified atom stereocenters. The topological polar surface area (TPSA) is 31.4 Å². The van der Waals surface area contributed by atoms with Crippen molar-refractivity contribution in [1.29, 1.82) is 0 Å². The molecule has 0 bridgehead atoms. The number of benzene rings is 2. The number of pyridine rings is 1. The highest BCUT2D eigenvalue weighted by atomic mass is 35.5. The van der Waals surface area contributed by atoms with Gasteiger partial charge in [0.05, 0.1) is 18.2 Å². The maximum atomic E-state index is 13.1. The maximum Gasteiger partial charge on any atom is 0.221 e. The van der Waals surface area contributed by atoms with Crippen LogP contribution < -0.4 is 9.47 Å². The predicted octanol–water partition coefficient (Wildman–Crippen LogP) is 6.14. The Morgan fingerprint density at radius 3 is 2.48 bits per heavy atom. The van der Waals surface area contributed by atoms with E-state index in [2.05, 4.69) is 4.98 Å². The van der Waals surface area contributed by atoms with E-state index >= 15 is 0 Å². The summed E-state index contributed by atoms with van der Waals surface area (Å²) >= 11 is 6.45. The van der Waals surface area contributed by atoms with E-state index in [0.717, 1.165) is 36.5 Å². The average Bonchev–Trinajstić information content (AvgIpc) is 2.69. The van der Waals surface area contributed by atoms with Crippen molar-refractivity contribution in [3.63, 3.8) is 0 Å². The molecule has 3 aromatic rings. The number of aromatic nitrogens is 1. The quantitative estimate of drug-likeness (QED) is 0.540. The third-order valence-corrected chi connectivity index (χ3v) is 5.58. The SMILES string of the molecule is COc1nccc2cc(O[C@H]3CC[C@H](c4ccc(F)cc4)CC3)c(Cl)cc12. The Morgan fingerprint density at radius 2 is 1.78 bits per heavy atom. The molecule has 140 valence electrons. The van der Waals surface area contributed by atoms with Crippen LogP contribution in [0.5, 0.6) is 11.6 Å². The molecular weight excluding hydrogens is 365 g/mol. The summed E-state index contributed by atoms with van der Waals surface area (Å²) in [4.78, 5) is 4.21. The number of rotatable bonds is 4. The zero-order valence-corrected chi connectivity index (χ0v) is 15.9. The Hall–Kier alpha value is -2.33. The minimum absolute atomic E-state index is 0.139. The van der Waals surface area contributed by atoms with Gasteiger partial charge < -0.3 is 9.47 Å². The summed E-state index contributed by atoms with van der Waals surface area (Å²) in [6, 6.07) is 12.6. The van der Waals surface area contributed by atoms with E-state index in [1.807, 2.05) is 30.3 Å². The van der Waals surface area contributed by atoms with Crippen molar-refractivity contribution in [1.82, 2.24) is 4.98 Å². The Kier molecular flexibility index (Phi) is 5.17. The molecule has 3 nitrogen and oxygen atoms in total. The van der Waals surface area contributed by atoms with Gasteiger partial charge in [0.25, 0.3) is 0 Å². The summed E-state index contributed by atoms with van der Waals surface area (Å²) in [5.41, 5.74) is 1.21. The summed E-state index contributed by atoms with van der Waals surface area (Å²) < 4.78 is 24.6. The molecule has 27 heavy (non-hydrogen) atoms. The highest BCUT2D eigenvalue weighted by Crippen LogP contribution is 2.38. The van der Waals surface area contributed by atoms with Crippen LogP contribution in [0.15, 0.2) is 48.7 Å². The largest absolute Gasteiger partial charge is 0.489 e. The van der Waals surface area contributed by atoms with Crippen molar-refractivity contribution < 1.29 is 13.9 Å². The molecular formula is C22H21ClFNO2. The molecule has 0 atom stereocenters. The summed E-state index contributed by atoms with van der Waals surface area (Å²) in [5.74, 6) is 1.53. The lowest BCUT2D eigenvalue weighted by Crippen LogP contribution is -2.23.